The summed E-state index contributed by atoms with van der Waals surface area (Å²) in [6.07, 6.45) is 5.65. The molecule has 0 bridgehead atoms. The first-order chi connectivity index (χ1) is 13.7. The van der Waals surface area contributed by atoms with E-state index < -0.39 is 5.97 Å². The quantitative estimate of drug-likeness (QED) is 0.392. The minimum Gasteiger partial charge on any atom is -0.454 e. The van der Waals surface area contributed by atoms with Crippen molar-refractivity contribution >= 4 is 23.5 Å². The average molecular weight is 397 g/mol. The monoisotopic (exact) mass is 396 g/mol. The lowest BCUT2D eigenvalue weighted by molar-refractivity contribution is 0.0471. The number of ether oxygens (including phenoxy) is 2. The summed E-state index contributed by atoms with van der Waals surface area (Å²) in [7, 11) is 0. The lowest BCUT2D eigenvalue weighted by Gasteiger charge is -2.12. The van der Waals surface area contributed by atoms with Gasteiger partial charge in [0.15, 0.2) is 12.4 Å². The summed E-state index contributed by atoms with van der Waals surface area (Å²) in [6.45, 7) is 0.585. The lowest BCUT2D eigenvalue weighted by Crippen LogP contribution is -2.15. The molecule has 0 unspecified atom stereocenters. The minimum atomic E-state index is -0.454. The van der Waals surface area contributed by atoms with Crippen LogP contribution in [0.15, 0.2) is 47.4 Å². The Balaban J connectivity index is 1.36. The molecule has 4 nitrogen and oxygen atoms in total. The molecule has 2 aromatic carbocycles. The number of esters is 1. The first-order valence-corrected chi connectivity index (χ1v) is 10.8. The molecule has 1 fully saturated rings. The smallest absolute Gasteiger partial charge is 0.339 e. The van der Waals surface area contributed by atoms with Crippen molar-refractivity contribution in [1.29, 1.82) is 0 Å². The maximum absolute atomic E-state index is 12.6. The Hall–Kier alpha value is -2.11. The predicted octanol–water partition coefficient (Wildman–Crippen LogP) is 4.49. The molecule has 0 radical (unpaired) electrons. The maximum atomic E-state index is 12.6. The Morgan fingerprint density at radius 3 is 2.79 bits per heavy atom. The van der Waals surface area contributed by atoms with Gasteiger partial charge in [-0.3, -0.25) is 4.79 Å². The Kier molecular flexibility index (Phi) is 6.13. The molecule has 2 aromatic rings. The van der Waals surface area contributed by atoms with Gasteiger partial charge in [-0.05, 0) is 61.4 Å². The van der Waals surface area contributed by atoms with Crippen LogP contribution in [0.4, 0.5) is 0 Å². The van der Waals surface area contributed by atoms with E-state index in [-0.39, 0.29) is 18.5 Å². The molecule has 5 heteroatoms. The fraction of sp³-hybridized carbons (Fsp3) is 0.391. The number of carbonyl (C=O) groups excluding carboxylic acids is 2. The van der Waals surface area contributed by atoms with Gasteiger partial charge in [0.05, 0.1) is 11.7 Å². The number of thioether (sulfide) groups is 1. The van der Waals surface area contributed by atoms with Crippen LogP contribution in [0.1, 0.15) is 51.1 Å². The van der Waals surface area contributed by atoms with Crippen LogP contribution in [0, 0.1) is 0 Å². The molecule has 0 saturated carbocycles. The zero-order valence-corrected chi connectivity index (χ0v) is 16.6. The van der Waals surface area contributed by atoms with Crippen molar-refractivity contribution in [1.82, 2.24) is 0 Å². The molecular weight excluding hydrogens is 372 g/mol. The Morgan fingerprint density at radius 2 is 1.93 bits per heavy atom. The summed E-state index contributed by atoms with van der Waals surface area (Å²) in [6, 6.07) is 13.2. The second kappa shape index (κ2) is 8.93. The van der Waals surface area contributed by atoms with Gasteiger partial charge in [-0.15, -0.1) is 11.8 Å². The lowest BCUT2D eigenvalue weighted by atomic mass is 10.0. The van der Waals surface area contributed by atoms with Gasteiger partial charge in [0, 0.05) is 22.8 Å². The van der Waals surface area contributed by atoms with E-state index in [2.05, 4.69) is 0 Å². The van der Waals surface area contributed by atoms with E-state index in [1.165, 1.54) is 11.1 Å². The molecule has 2 aliphatic rings. The molecule has 0 aromatic heterocycles. The van der Waals surface area contributed by atoms with Gasteiger partial charge >= 0.3 is 5.97 Å². The maximum Gasteiger partial charge on any atom is 0.339 e. The molecular formula is C23H24O4S. The van der Waals surface area contributed by atoms with E-state index in [9.17, 15) is 9.59 Å². The van der Waals surface area contributed by atoms with Crippen molar-refractivity contribution in [3.63, 3.8) is 0 Å². The standard InChI is InChI=1S/C23H24O4S/c24-21(18-11-10-16-5-3-6-17(16)13-18)14-27-23(25)20-8-1-2-9-22(20)28-15-19-7-4-12-26-19/h1-2,8-11,13,19H,3-7,12,14-15H2/t19-/m1/s1. The van der Waals surface area contributed by atoms with Gasteiger partial charge in [0.1, 0.15) is 0 Å². The van der Waals surface area contributed by atoms with E-state index in [4.69, 9.17) is 9.47 Å². The highest BCUT2D eigenvalue weighted by molar-refractivity contribution is 7.99. The summed E-state index contributed by atoms with van der Waals surface area (Å²) >= 11 is 1.61. The van der Waals surface area contributed by atoms with Crippen LogP contribution in [0.2, 0.25) is 0 Å². The third-order valence-corrected chi connectivity index (χ3v) is 6.52. The number of ketones is 1. The van der Waals surface area contributed by atoms with Crippen molar-refractivity contribution in [3.05, 3.63) is 64.7 Å². The SMILES string of the molecule is O=C(COC(=O)c1ccccc1SC[C@H]1CCCO1)c1ccc2c(c1)CCC2. The highest BCUT2D eigenvalue weighted by Crippen LogP contribution is 2.27. The fourth-order valence-corrected chi connectivity index (χ4v) is 4.87. The molecule has 1 heterocycles. The van der Waals surface area contributed by atoms with Crippen LogP contribution >= 0.6 is 11.8 Å². The number of fused-ring (bicyclic) bond motifs is 1. The van der Waals surface area contributed by atoms with Gasteiger partial charge in [0.25, 0.3) is 0 Å². The summed E-state index contributed by atoms with van der Waals surface area (Å²) in [5.74, 6) is 0.204. The zero-order chi connectivity index (χ0) is 19.3. The topological polar surface area (TPSA) is 52.6 Å². The summed E-state index contributed by atoms with van der Waals surface area (Å²) in [5, 5.41) is 0. The summed E-state index contributed by atoms with van der Waals surface area (Å²) in [5.41, 5.74) is 3.69. The number of carbonyl (C=O) groups is 2. The number of benzene rings is 2. The van der Waals surface area contributed by atoms with E-state index in [1.54, 1.807) is 17.8 Å². The number of Topliss-reactive ketones (excluding diaryl/α,β-unsaturated/α-hetero) is 1. The van der Waals surface area contributed by atoms with E-state index in [0.717, 1.165) is 49.4 Å². The third kappa shape index (κ3) is 4.47. The van der Waals surface area contributed by atoms with Crippen LogP contribution < -0.4 is 0 Å². The zero-order valence-electron chi connectivity index (χ0n) is 15.8. The van der Waals surface area contributed by atoms with E-state index in [1.807, 2.05) is 36.4 Å². The second-order valence-corrected chi connectivity index (χ2v) is 8.34. The molecule has 28 heavy (non-hydrogen) atoms. The Bertz CT molecular complexity index is 871. The molecule has 0 spiro atoms. The molecule has 1 saturated heterocycles. The van der Waals surface area contributed by atoms with E-state index in [0.29, 0.717) is 11.1 Å². The first kappa shape index (κ1) is 19.2. The number of hydrogen-bond donors (Lipinski definition) is 0. The predicted molar refractivity (Wildman–Crippen MR) is 109 cm³/mol. The molecule has 4 rings (SSSR count). The normalized spacial score (nSPS) is 18.1. The van der Waals surface area contributed by atoms with Crippen LogP contribution in [-0.4, -0.2) is 36.8 Å². The summed E-state index contributed by atoms with van der Waals surface area (Å²) in [4.78, 5) is 25.9. The fourth-order valence-electron chi connectivity index (χ4n) is 3.76. The average Bonchev–Trinajstić information content (AvgIpc) is 3.41. The van der Waals surface area contributed by atoms with Crippen molar-refractivity contribution in [2.75, 3.05) is 19.0 Å². The van der Waals surface area contributed by atoms with Crippen molar-refractivity contribution in [2.24, 2.45) is 0 Å². The van der Waals surface area contributed by atoms with Gasteiger partial charge in [-0.1, -0.05) is 24.3 Å². The van der Waals surface area contributed by atoms with Crippen LogP contribution in [0.25, 0.3) is 0 Å². The third-order valence-electron chi connectivity index (χ3n) is 5.31. The molecule has 1 atom stereocenters. The Morgan fingerprint density at radius 1 is 1.07 bits per heavy atom. The van der Waals surface area contributed by atoms with Gasteiger partial charge in [-0.2, -0.15) is 0 Å². The van der Waals surface area contributed by atoms with E-state index >= 15 is 0 Å². The van der Waals surface area contributed by atoms with Crippen LogP contribution in [-0.2, 0) is 22.3 Å². The number of rotatable bonds is 7. The first-order valence-electron chi connectivity index (χ1n) is 9.86. The number of hydrogen-bond acceptors (Lipinski definition) is 5. The van der Waals surface area contributed by atoms with Crippen molar-refractivity contribution < 1.29 is 19.1 Å². The largest absolute Gasteiger partial charge is 0.454 e. The van der Waals surface area contributed by atoms with Crippen molar-refractivity contribution in [2.45, 2.75) is 43.1 Å². The van der Waals surface area contributed by atoms with Crippen LogP contribution in [0.5, 0.6) is 0 Å². The summed E-state index contributed by atoms with van der Waals surface area (Å²) < 4.78 is 11.0. The van der Waals surface area contributed by atoms with Gasteiger partial charge in [-0.25, -0.2) is 4.79 Å². The molecule has 1 aliphatic carbocycles. The molecule has 0 N–H and O–H groups in total. The van der Waals surface area contributed by atoms with Gasteiger partial charge in [0.2, 0.25) is 0 Å². The minimum absolute atomic E-state index is 0.160. The van der Waals surface area contributed by atoms with Gasteiger partial charge < -0.3 is 9.47 Å². The Labute approximate surface area is 169 Å². The molecule has 1 aliphatic heterocycles. The molecule has 146 valence electrons. The highest BCUT2D eigenvalue weighted by Gasteiger charge is 2.20. The number of aryl methyl sites for hydroxylation is 2. The van der Waals surface area contributed by atoms with Crippen molar-refractivity contribution in [3.8, 4) is 0 Å². The van der Waals surface area contributed by atoms with Crippen LogP contribution in [0.3, 0.4) is 0 Å². The second-order valence-electron chi connectivity index (χ2n) is 7.28. The molecule has 0 amide bonds. The highest BCUT2D eigenvalue weighted by atomic mass is 32.2.